The fraction of sp³-hybridized carbons (Fsp3) is 0.667. The van der Waals surface area contributed by atoms with Crippen LogP contribution in [0, 0.1) is 0 Å². The van der Waals surface area contributed by atoms with E-state index in [1.54, 1.807) is 0 Å². The van der Waals surface area contributed by atoms with Gasteiger partial charge in [-0.1, -0.05) is 19.4 Å². The normalized spacial score (nSPS) is 26.6. The second kappa shape index (κ2) is 4.32. The molecule has 0 aliphatic carbocycles. The topological polar surface area (TPSA) is 12.0 Å². The molecule has 1 unspecified atom stereocenters. The van der Waals surface area contributed by atoms with Gasteiger partial charge in [-0.2, -0.15) is 0 Å². The van der Waals surface area contributed by atoms with Crippen molar-refractivity contribution in [3.8, 4) is 0 Å². The molecule has 0 aromatic carbocycles. The fourth-order valence-corrected chi connectivity index (χ4v) is 1.34. The third-order valence-corrected chi connectivity index (χ3v) is 1.92. The highest BCUT2D eigenvalue weighted by molar-refractivity contribution is 4.90. The van der Waals surface area contributed by atoms with Crippen LogP contribution in [0.2, 0.25) is 0 Å². The Kier molecular flexibility index (Phi) is 3.28. The Balaban J connectivity index is 2.34. The van der Waals surface area contributed by atoms with Gasteiger partial charge in [0.25, 0.3) is 0 Å². The summed E-state index contributed by atoms with van der Waals surface area (Å²) in [6.07, 6.45) is 7.32. The van der Waals surface area contributed by atoms with Gasteiger partial charge in [-0.25, -0.2) is 0 Å². The van der Waals surface area contributed by atoms with Crippen LogP contribution < -0.4 is 5.32 Å². The van der Waals surface area contributed by atoms with Gasteiger partial charge in [0.05, 0.1) is 0 Å². The van der Waals surface area contributed by atoms with Gasteiger partial charge in [0, 0.05) is 6.04 Å². The zero-order chi connectivity index (χ0) is 7.23. The van der Waals surface area contributed by atoms with Crippen LogP contribution in [-0.4, -0.2) is 12.6 Å². The van der Waals surface area contributed by atoms with Gasteiger partial charge >= 0.3 is 0 Å². The van der Waals surface area contributed by atoms with E-state index in [-0.39, 0.29) is 0 Å². The largest absolute Gasteiger partial charge is 0.310 e. The van der Waals surface area contributed by atoms with Gasteiger partial charge < -0.3 is 5.32 Å². The van der Waals surface area contributed by atoms with Crippen LogP contribution in [0.5, 0.6) is 0 Å². The number of hydrogen-bond acceptors (Lipinski definition) is 1. The predicted molar refractivity (Wildman–Crippen MR) is 44.0 cm³/mol. The van der Waals surface area contributed by atoms with Crippen LogP contribution in [0.4, 0.5) is 0 Å². The van der Waals surface area contributed by atoms with Crippen LogP contribution in [-0.2, 0) is 0 Å². The first-order valence-electron chi connectivity index (χ1n) is 4.03. The summed E-state index contributed by atoms with van der Waals surface area (Å²) in [6, 6.07) is 0.542. The summed E-state index contributed by atoms with van der Waals surface area (Å²) in [6.45, 7) is 4.72. The minimum atomic E-state index is 0.542. The van der Waals surface area contributed by atoms with Gasteiger partial charge in [0.15, 0.2) is 0 Å². The van der Waals surface area contributed by atoms with E-state index in [2.05, 4.69) is 17.6 Å². The number of rotatable bonds is 1. The highest BCUT2D eigenvalue weighted by Crippen LogP contribution is 2.08. The van der Waals surface area contributed by atoms with E-state index >= 15 is 0 Å². The van der Waals surface area contributed by atoms with Gasteiger partial charge in [-0.15, -0.1) is 5.73 Å². The lowest BCUT2D eigenvalue weighted by molar-refractivity contribution is 0.598. The second-order valence-corrected chi connectivity index (χ2v) is 2.78. The molecular formula is C9H15N. The minimum Gasteiger partial charge on any atom is -0.310 e. The van der Waals surface area contributed by atoms with Crippen molar-refractivity contribution in [2.24, 2.45) is 0 Å². The van der Waals surface area contributed by atoms with Crippen molar-refractivity contribution >= 4 is 0 Å². The van der Waals surface area contributed by atoms with Crippen LogP contribution in [0.3, 0.4) is 0 Å². The molecule has 1 fully saturated rings. The SMILES string of the molecule is C=C=CC1CCCCCN1. The molecule has 1 rings (SSSR count). The summed E-state index contributed by atoms with van der Waals surface area (Å²) in [4.78, 5) is 0. The van der Waals surface area contributed by atoms with Crippen molar-refractivity contribution in [1.82, 2.24) is 5.32 Å². The minimum absolute atomic E-state index is 0.542. The summed E-state index contributed by atoms with van der Waals surface area (Å²) < 4.78 is 0. The monoisotopic (exact) mass is 137 g/mol. The van der Waals surface area contributed by atoms with Crippen LogP contribution >= 0.6 is 0 Å². The lowest BCUT2D eigenvalue weighted by Gasteiger charge is -2.07. The van der Waals surface area contributed by atoms with Crippen LogP contribution in [0.25, 0.3) is 0 Å². The maximum Gasteiger partial charge on any atom is 0.0324 e. The Morgan fingerprint density at radius 2 is 2.30 bits per heavy atom. The molecule has 1 aliphatic heterocycles. The van der Waals surface area contributed by atoms with Gasteiger partial charge in [0.2, 0.25) is 0 Å². The molecule has 1 saturated heterocycles. The Bertz CT molecular complexity index is 126. The third-order valence-electron chi connectivity index (χ3n) is 1.92. The van der Waals surface area contributed by atoms with Crippen molar-refractivity contribution in [1.29, 1.82) is 0 Å². The summed E-state index contributed by atoms with van der Waals surface area (Å²) in [7, 11) is 0. The molecule has 0 radical (unpaired) electrons. The summed E-state index contributed by atoms with van der Waals surface area (Å²) in [5.41, 5.74) is 2.83. The van der Waals surface area contributed by atoms with Crippen molar-refractivity contribution in [3.05, 3.63) is 18.4 Å². The number of hydrogen-bond donors (Lipinski definition) is 1. The number of nitrogens with one attached hydrogen (secondary N) is 1. The molecule has 1 nitrogen and oxygen atoms in total. The summed E-state index contributed by atoms with van der Waals surface area (Å²) >= 11 is 0. The zero-order valence-electron chi connectivity index (χ0n) is 6.40. The molecule has 0 spiro atoms. The standard InChI is InChI=1S/C9H15N/c1-2-6-9-7-4-3-5-8-10-9/h6,9-10H,1,3-5,7-8H2. The summed E-state index contributed by atoms with van der Waals surface area (Å²) in [5.74, 6) is 0. The van der Waals surface area contributed by atoms with Crippen molar-refractivity contribution in [3.63, 3.8) is 0 Å². The molecule has 1 aliphatic rings. The first-order valence-corrected chi connectivity index (χ1v) is 4.03. The molecule has 0 aromatic heterocycles. The molecule has 56 valence electrons. The van der Waals surface area contributed by atoms with E-state index in [1.165, 1.54) is 25.7 Å². The molecule has 0 amide bonds. The molecule has 10 heavy (non-hydrogen) atoms. The third kappa shape index (κ3) is 2.38. The van der Waals surface area contributed by atoms with E-state index < -0.39 is 0 Å². The van der Waals surface area contributed by atoms with E-state index in [9.17, 15) is 0 Å². The molecule has 0 bridgehead atoms. The van der Waals surface area contributed by atoms with Gasteiger partial charge in [-0.05, 0) is 25.5 Å². The summed E-state index contributed by atoms with van der Waals surface area (Å²) in [5, 5.41) is 3.42. The zero-order valence-corrected chi connectivity index (χ0v) is 6.40. The Morgan fingerprint density at radius 3 is 3.10 bits per heavy atom. The average Bonchev–Trinajstić information content (AvgIpc) is 2.17. The van der Waals surface area contributed by atoms with E-state index in [4.69, 9.17) is 0 Å². The molecule has 1 atom stereocenters. The van der Waals surface area contributed by atoms with Crippen molar-refractivity contribution in [2.75, 3.05) is 6.54 Å². The Hall–Kier alpha value is -0.520. The lowest BCUT2D eigenvalue weighted by atomic mass is 10.1. The molecule has 1 N–H and O–H groups in total. The molecule has 0 aromatic rings. The molecule has 1 heterocycles. The van der Waals surface area contributed by atoms with Gasteiger partial charge in [0.1, 0.15) is 0 Å². The molecule has 1 heteroatoms. The smallest absolute Gasteiger partial charge is 0.0324 e. The van der Waals surface area contributed by atoms with E-state index in [0.29, 0.717) is 6.04 Å². The maximum absolute atomic E-state index is 3.56. The second-order valence-electron chi connectivity index (χ2n) is 2.78. The van der Waals surface area contributed by atoms with Crippen molar-refractivity contribution in [2.45, 2.75) is 31.7 Å². The van der Waals surface area contributed by atoms with E-state index in [0.717, 1.165) is 6.54 Å². The predicted octanol–water partition coefficient (Wildman–Crippen LogP) is 1.86. The van der Waals surface area contributed by atoms with E-state index in [1.807, 2.05) is 6.08 Å². The van der Waals surface area contributed by atoms with Crippen LogP contribution in [0.1, 0.15) is 25.7 Å². The molecule has 0 saturated carbocycles. The van der Waals surface area contributed by atoms with Crippen LogP contribution in [0.15, 0.2) is 18.4 Å². The van der Waals surface area contributed by atoms with Crippen molar-refractivity contribution < 1.29 is 0 Å². The Labute approximate surface area is 62.8 Å². The first kappa shape index (κ1) is 7.59. The average molecular weight is 137 g/mol. The molecular weight excluding hydrogens is 122 g/mol. The van der Waals surface area contributed by atoms with Gasteiger partial charge in [-0.3, -0.25) is 0 Å². The maximum atomic E-state index is 3.56. The highest BCUT2D eigenvalue weighted by atomic mass is 14.9. The lowest BCUT2D eigenvalue weighted by Crippen LogP contribution is -2.25. The fourth-order valence-electron chi connectivity index (χ4n) is 1.34. The Morgan fingerprint density at radius 1 is 1.40 bits per heavy atom. The quantitative estimate of drug-likeness (QED) is 0.544. The highest BCUT2D eigenvalue weighted by Gasteiger charge is 2.06. The first-order chi connectivity index (χ1) is 4.93.